The van der Waals surface area contributed by atoms with Crippen LogP contribution in [0.25, 0.3) is 10.9 Å². The average Bonchev–Trinajstić information content (AvgIpc) is 2.54. The minimum absolute atomic E-state index is 0.0265. The number of nitrogens with zero attached hydrogens (tertiary/aromatic N) is 2. The Morgan fingerprint density at radius 3 is 2.50 bits per heavy atom. The molecule has 1 aromatic carbocycles. The third kappa shape index (κ3) is 3.08. The minimum atomic E-state index is -0.919. The van der Waals surface area contributed by atoms with Crippen LogP contribution in [-0.4, -0.2) is 40.2 Å². The number of carboxylic acid groups (broad SMARTS) is 1. The molecule has 1 aromatic heterocycles. The molecule has 1 aliphatic rings. The lowest BCUT2D eigenvalue weighted by molar-refractivity contribution is 0.0695. The molecule has 0 aliphatic carbocycles. The highest BCUT2D eigenvalue weighted by Gasteiger charge is 2.17. The van der Waals surface area contributed by atoms with Gasteiger partial charge < -0.3 is 14.6 Å². The Balaban J connectivity index is 2.02. The summed E-state index contributed by atoms with van der Waals surface area (Å²) in [6.07, 6.45) is 3.75. The van der Waals surface area contributed by atoms with E-state index in [0.717, 1.165) is 36.1 Å². The van der Waals surface area contributed by atoms with E-state index in [0.29, 0.717) is 17.7 Å². The molecule has 0 amide bonds. The first-order valence-corrected chi connectivity index (χ1v) is 8.58. The highest BCUT2D eigenvalue weighted by molar-refractivity contribution is 5.98. The van der Waals surface area contributed by atoms with Gasteiger partial charge in [0.2, 0.25) is 0 Å². The zero-order valence-electron chi connectivity index (χ0n) is 14.3. The molecule has 1 N–H and O–H groups in total. The van der Waals surface area contributed by atoms with E-state index in [1.165, 1.54) is 19.3 Å². The molecule has 1 aliphatic heterocycles. The van der Waals surface area contributed by atoms with Crippen molar-refractivity contribution < 1.29 is 9.90 Å². The molecule has 2 heterocycles. The van der Waals surface area contributed by atoms with Crippen LogP contribution in [0.1, 0.15) is 40.7 Å². The molecular formula is C19H24N2O3. The predicted molar refractivity (Wildman–Crippen MR) is 94.9 cm³/mol. The summed E-state index contributed by atoms with van der Waals surface area (Å²) in [4.78, 5) is 26.3. The van der Waals surface area contributed by atoms with E-state index < -0.39 is 5.97 Å². The number of aromatic nitrogens is 1. The normalized spacial score (nSPS) is 15.8. The number of carbonyl (C=O) groups is 1. The van der Waals surface area contributed by atoms with E-state index in [9.17, 15) is 14.7 Å². The number of carboxylic acids is 1. The van der Waals surface area contributed by atoms with Crippen LogP contribution in [0.5, 0.6) is 0 Å². The molecule has 3 rings (SSSR count). The van der Waals surface area contributed by atoms with Gasteiger partial charge in [-0.2, -0.15) is 0 Å². The van der Waals surface area contributed by atoms with Crippen LogP contribution in [0.15, 0.2) is 23.0 Å². The van der Waals surface area contributed by atoms with Gasteiger partial charge in [-0.1, -0.05) is 6.42 Å². The Labute approximate surface area is 141 Å². The van der Waals surface area contributed by atoms with Crippen molar-refractivity contribution in [2.75, 3.05) is 19.6 Å². The SMILES string of the molecule is Cc1cc2c(ccc(=O)n2CCN2CCCCC2)c(C)c1C(=O)O. The van der Waals surface area contributed by atoms with Gasteiger partial charge in [0.05, 0.1) is 11.1 Å². The minimum Gasteiger partial charge on any atom is -0.478 e. The number of likely N-dealkylation sites (tertiary alicyclic amines) is 1. The van der Waals surface area contributed by atoms with Crippen molar-refractivity contribution >= 4 is 16.9 Å². The van der Waals surface area contributed by atoms with Gasteiger partial charge >= 0.3 is 5.97 Å². The molecule has 0 saturated carbocycles. The first kappa shape index (κ1) is 16.7. The number of aromatic carboxylic acids is 1. The van der Waals surface area contributed by atoms with E-state index >= 15 is 0 Å². The van der Waals surface area contributed by atoms with Crippen molar-refractivity contribution in [2.45, 2.75) is 39.7 Å². The third-order valence-corrected chi connectivity index (χ3v) is 5.05. The summed E-state index contributed by atoms with van der Waals surface area (Å²) < 4.78 is 1.79. The van der Waals surface area contributed by atoms with E-state index in [-0.39, 0.29) is 5.56 Å². The molecule has 5 heteroatoms. The summed E-state index contributed by atoms with van der Waals surface area (Å²) >= 11 is 0. The van der Waals surface area contributed by atoms with E-state index in [1.807, 2.05) is 13.0 Å². The summed E-state index contributed by atoms with van der Waals surface area (Å²) in [5, 5.41) is 10.3. The number of piperidine rings is 1. The Kier molecular flexibility index (Phi) is 4.71. The number of pyridine rings is 1. The number of fused-ring (bicyclic) bond motifs is 1. The quantitative estimate of drug-likeness (QED) is 0.937. The largest absolute Gasteiger partial charge is 0.478 e. The fourth-order valence-corrected chi connectivity index (χ4v) is 3.76. The zero-order chi connectivity index (χ0) is 17.3. The second-order valence-corrected chi connectivity index (χ2v) is 6.66. The lowest BCUT2D eigenvalue weighted by Gasteiger charge is -2.27. The highest BCUT2D eigenvalue weighted by Crippen LogP contribution is 2.24. The third-order valence-electron chi connectivity index (χ3n) is 5.05. The van der Waals surface area contributed by atoms with Gasteiger partial charge in [0.15, 0.2) is 0 Å². The molecule has 1 fully saturated rings. The Morgan fingerprint density at radius 2 is 1.83 bits per heavy atom. The van der Waals surface area contributed by atoms with Gasteiger partial charge in [-0.05, 0) is 63.0 Å². The average molecular weight is 328 g/mol. The lowest BCUT2D eigenvalue weighted by Crippen LogP contribution is -2.34. The summed E-state index contributed by atoms with van der Waals surface area (Å²) in [5.74, 6) is -0.919. The molecule has 128 valence electrons. The van der Waals surface area contributed by atoms with Crippen molar-refractivity contribution in [2.24, 2.45) is 0 Å². The second kappa shape index (κ2) is 6.77. The van der Waals surface area contributed by atoms with Gasteiger partial charge in [-0.25, -0.2) is 4.79 Å². The Bertz CT molecular complexity index is 833. The fourth-order valence-electron chi connectivity index (χ4n) is 3.76. The number of hydrogen-bond donors (Lipinski definition) is 1. The van der Waals surface area contributed by atoms with Crippen molar-refractivity contribution in [3.05, 3.63) is 45.2 Å². The molecule has 0 bridgehead atoms. The summed E-state index contributed by atoms with van der Waals surface area (Å²) in [7, 11) is 0. The van der Waals surface area contributed by atoms with E-state index in [1.54, 1.807) is 23.6 Å². The maximum absolute atomic E-state index is 12.4. The predicted octanol–water partition coefficient (Wildman–Crippen LogP) is 2.80. The maximum atomic E-state index is 12.4. The highest BCUT2D eigenvalue weighted by atomic mass is 16.4. The van der Waals surface area contributed by atoms with Crippen molar-refractivity contribution in [3.63, 3.8) is 0 Å². The maximum Gasteiger partial charge on any atom is 0.336 e. The zero-order valence-corrected chi connectivity index (χ0v) is 14.3. The molecular weight excluding hydrogens is 304 g/mol. The summed E-state index contributed by atoms with van der Waals surface area (Å²) in [6.45, 7) is 7.31. The Morgan fingerprint density at radius 1 is 1.12 bits per heavy atom. The summed E-state index contributed by atoms with van der Waals surface area (Å²) in [5.41, 5.74) is 2.57. The molecule has 0 spiro atoms. The molecule has 5 nitrogen and oxygen atoms in total. The van der Waals surface area contributed by atoms with Crippen LogP contribution >= 0.6 is 0 Å². The van der Waals surface area contributed by atoms with Crippen molar-refractivity contribution in [1.82, 2.24) is 9.47 Å². The molecule has 2 aromatic rings. The molecule has 0 atom stereocenters. The Hall–Kier alpha value is -2.14. The first-order valence-electron chi connectivity index (χ1n) is 8.58. The second-order valence-electron chi connectivity index (χ2n) is 6.66. The topological polar surface area (TPSA) is 62.5 Å². The van der Waals surface area contributed by atoms with Crippen LogP contribution in [-0.2, 0) is 6.54 Å². The lowest BCUT2D eigenvalue weighted by atomic mass is 9.98. The fraction of sp³-hybridized carbons (Fsp3) is 0.474. The molecule has 0 radical (unpaired) electrons. The van der Waals surface area contributed by atoms with Crippen LogP contribution < -0.4 is 5.56 Å². The van der Waals surface area contributed by atoms with Gasteiger partial charge in [-0.3, -0.25) is 4.79 Å². The molecule has 24 heavy (non-hydrogen) atoms. The van der Waals surface area contributed by atoms with Crippen LogP contribution in [0, 0.1) is 13.8 Å². The smallest absolute Gasteiger partial charge is 0.336 e. The van der Waals surface area contributed by atoms with Crippen molar-refractivity contribution in [1.29, 1.82) is 0 Å². The number of hydrogen-bond acceptors (Lipinski definition) is 3. The van der Waals surface area contributed by atoms with Gasteiger partial charge in [0, 0.05) is 24.5 Å². The van der Waals surface area contributed by atoms with E-state index in [4.69, 9.17) is 0 Å². The molecule has 1 saturated heterocycles. The van der Waals surface area contributed by atoms with E-state index in [2.05, 4.69) is 4.90 Å². The number of aryl methyl sites for hydroxylation is 2. The van der Waals surface area contributed by atoms with Gasteiger partial charge in [0.25, 0.3) is 5.56 Å². The van der Waals surface area contributed by atoms with Crippen LogP contribution in [0.3, 0.4) is 0 Å². The summed E-state index contributed by atoms with van der Waals surface area (Å²) in [6, 6.07) is 5.13. The van der Waals surface area contributed by atoms with Crippen LogP contribution in [0.2, 0.25) is 0 Å². The van der Waals surface area contributed by atoms with Gasteiger partial charge in [0.1, 0.15) is 0 Å². The first-order chi connectivity index (χ1) is 11.5. The monoisotopic (exact) mass is 328 g/mol. The molecule has 0 unspecified atom stereocenters. The number of benzene rings is 1. The van der Waals surface area contributed by atoms with Crippen molar-refractivity contribution in [3.8, 4) is 0 Å². The standard InChI is InChI=1S/C19H24N2O3/c1-13-12-16-15(14(2)18(13)19(23)24)6-7-17(22)21(16)11-10-20-8-4-3-5-9-20/h6-7,12H,3-5,8-11H2,1-2H3,(H,23,24). The number of rotatable bonds is 4. The van der Waals surface area contributed by atoms with Gasteiger partial charge in [-0.15, -0.1) is 0 Å². The van der Waals surface area contributed by atoms with Crippen LogP contribution in [0.4, 0.5) is 0 Å².